The Hall–Kier alpha value is -1.57. The van der Waals surface area contributed by atoms with Gasteiger partial charge in [0.25, 0.3) is 0 Å². The number of nitrogens with zero attached hydrogens (tertiary/aromatic N) is 1. The summed E-state index contributed by atoms with van der Waals surface area (Å²) >= 11 is 18.6. The lowest BCUT2D eigenvalue weighted by Gasteiger charge is -2.42. The van der Waals surface area contributed by atoms with Gasteiger partial charge in [0.05, 0.1) is 16.8 Å². The fraction of sp³-hybridized carbons (Fsp3) is 0.304. The molecule has 1 heterocycles. The molecule has 0 amide bonds. The summed E-state index contributed by atoms with van der Waals surface area (Å²) in [5, 5.41) is 1.68. The Kier molecular flexibility index (Phi) is 7.18. The molecule has 1 fully saturated rings. The van der Waals surface area contributed by atoms with Gasteiger partial charge in [0.2, 0.25) is 10.0 Å². The van der Waals surface area contributed by atoms with Crippen LogP contribution in [-0.2, 0) is 10.0 Å². The molecule has 1 aliphatic carbocycles. The van der Waals surface area contributed by atoms with Crippen LogP contribution in [0.25, 0.3) is 0 Å². The summed E-state index contributed by atoms with van der Waals surface area (Å²) in [4.78, 5) is 1.88. The fourth-order valence-electron chi connectivity index (χ4n) is 4.21. The van der Waals surface area contributed by atoms with Crippen LogP contribution in [-0.4, -0.2) is 21.0 Å². The van der Waals surface area contributed by atoms with E-state index in [1.165, 1.54) is 6.08 Å². The molecular formula is C23H22Cl3FN2O2S. The van der Waals surface area contributed by atoms with Crippen molar-refractivity contribution in [2.75, 3.05) is 11.4 Å². The SMILES string of the molecule is O=S(=O)(NC1CCN(c2ccc(Cl)cc2Cl)C(c2ccc(Cl)cc2)C1)C1=C(F)CCC=C1. The van der Waals surface area contributed by atoms with Crippen LogP contribution in [0.15, 0.2) is 65.3 Å². The largest absolute Gasteiger partial charge is 0.363 e. The summed E-state index contributed by atoms with van der Waals surface area (Å²) < 4.78 is 42.7. The van der Waals surface area contributed by atoms with E-state index in [0.717, 1.165) is 11.3 Å². The van der Waals surface area contributed by atoms with Crippen molar-refractivity contribution in [2.45, 2.75) is 37.8 Å². The van der Waals surface area contributed by atoms with Crippen molar-refractivity contribution in [3.05, 3.63) is 86.0 Å². The number of halogens is 4. The van der Waals surface area contributed by atoms with E-state index >= 15 is 0 Å². The first-order chi connectivity index (χ1) is 15.2. The molecule has 170 valence electrons. The minimum Gasteiger partial charge on any atom is -0.363 e. The molecule has 2 aromatic carbocycles. The molecule has 0 spiro atoms. The van der Waals surface area contributed by atoms with Gasteiger partial charge in [-0.1, -0.05) is 53.0 Å². The molecule has 0 radical (unpaired) electrons. The summed E-state index contributed by atoms with van der Waals surface area (Å²) in [5.41, 5.74) is 1.80. The average molecular weight is 516 g/mol. The zero-order valence-electron chi connectivity index (χ0n) is 17.1. The first kappa shape index (κ1) is 23.6. The zero-order valence-corrected chi connectivity index (χ0v) is 20.2. The van der Waals surface area contributed by atoms with E-state index in [2.05, 4.69) is 9.62 Å². The van der Waals surface area contributed by atoms with Crippen LogP contribution in [0.3, 0.4) is 0 Å². The molecule has 2 aromatic rings. The van der Waals surface area contributed by atoms with Gasteiger partial charge in [-0.15, -0.1) is 0 Å². The lowest BCUT2D eigenvalue weighted by molar-refractivity contribution is 0.395. The predicted molar refractivity (Wildman–Crippen MR) is 130 cm³/mol. The highest BCUT2D eigenvalue weighted by Gasteiger charge is 2.34. The number of rotatable bonds is 5. The first-order valence-corrected chi connectivity index (χ1v) is 12.9. The standard InChI is InChI=1S/C23H22Cl3FN2O2S/c24-16-7-5-15(6-8-16)22-14-18(28-32(30,31)23-4-2-1-3-20(23)27)11-12-29(22)21-10-9-17(25)13-19(21)26/h2,4-10,13,18,22,28H,1,3,11-12,14H2. The van der Waals surface area contributed by atoms with E-state index in [9.17, 15) is 12.8 Å². The molecule has 1 saturated heterocycles. The van der Waals surface area contributed by atoms with Crippen LogP contribution in [0.4, 0.5) is 10.1 Å². The van der Waals surface area contributed by atoms with E-state index in [4.69, 9.17) is 34.8 Å². The Morgan fingerprint density at radius 3 is 2.44 bits per heavy atom. The number of hydrogen-bond acceptors (Lipinski definition) is 3. The van der Waals surface area contributed by atoms with Gasteiger partial charge < -0.3 is 4.90 Å². The molecule has 2 aliphatic rings. The molecule has 4 rings (SSSR count). The van der Waals surface area contributed by atoms with Gasteiger partial charge in [0.1, 0.15) is 10.7 Å². The highest BCUT2D eigenvalue weighted by molar-refractivity contribution is 7.93. The monoisotopic (exact) mass is 514 g/mol. The first-order valence-electron chi connectivity index (χ1n) is 10.3. The minimum atomic E-state index is -3.96. The van der Waals surface area contributed by atoms with E-state index < -0.39 is 15.9 Å². The molecular weight excluding hydrogens is 494 g/mol. The smallest absolute Gasteiger partial charge is 0.243 e. The van der Waals surface area contributed by atoms with Gasteiger partial charge >= 0.3 is 0 Å². The van der Waals surface area contributed by atoms with Crippen molar-refractivity contribution in [1.29, 1.82) is 0 Å². The van der Waals surface area contributed by atoms with Crippen molar-refractivity contribution in [2.24, 2.45) is 0 Å². The highest BCUT2D eigenvalue weighted by Crippen LogP contribution is 2.40. The maximum absolute atomic E-state index is 14.2. The number of allylic oxidation sites excluding steroid dienone is 3. The van der Waals surface area contributed by atoms with E-state index in [0.29, 0.717) is 40.9 Å². The Bertz CT molecular complexity index is 1170. The number of nitrogens with one attached hydrogen (secondary N) is 1. The van der Waals surface area contributed by atoms with E-state index in [-0.39, 0.29) is 23.4 Å². The van der Waals surface area contributed by atoms with Crippen LogP contribution in [0.5, 0.6) is 0 Å². The number of anilines is 1. The Morgan fingerprint density at radius 1 is 1.03 bits per heavy atom. The second kappa shape index (κ2) is 9.74. The maximum Gasteiger partial charge on any atom is 0.243 e. The Balaban J connectivity index is 1.63. The summed E-state index contributed by atoms with van der Waals surface area (Å²) in [6, 6.07) is 12.3. The Morgan fingerprint density at radius 2 is 1.75 bits per heavy atom. The number of benzene rings is 2. The van der Waals surface area contributed by atoms with Crippen LogP contribution in [0.1, 0.15) is 37.3 Å². The molecule has 1 aliphatic heterocycles. The molecule has 1 N–H and O–H groups in total. The summed E-state index contributed by atoms with van der Waals surface area (Å²) in [7, 11) is -3.96. The molecule has 0 saturated carbocycles. The number of piperidine rings is 1. The van der Waals surface area contributed by atoms with Gasteiger partial charge in [-0.2, -0.15) is 0 Å². The number of sulfonamides is 1. The van der Waals surface area contributed by atoms with Crippen molar-refractivity contribution in [1.82, 2.24) is 4.72 Å². The third-order valence-corrected chi connectivity index (χ3v) is 8.12. The second-order valence-electron chi connectivity index (χ2n) is 7.91. The van der Waals surface area contributed by atoms with E-state index in [1.54, 1.807) is 30.3 Å². The predicted octanol–water partition coefficient (Wildman–Crippen LogP) is 6.81. The van der Waals surface area contributed by atoms with Gasteiger partial charge in [-0.25, -0.2) is 17.5 Å². The average Bonchev–Trinajstić information content (AvgIpc) is 2.75. The third kappa shape index (κ3) is 5.15. The normalized spacial score (nSPS) is 21.8. The quantitative estimate of drug-likeness (QED) is 0.476. The second-order valence-corrected chi connectivity index (χ2v) is 10.9. The van der Waals surface area contributed by atoms with Crippen molar-refractivity contribution >= 4 is 50.5 Å². The molecule has 4 nitrogen and oxygen atoms in total. The summed E-state index contributed by atoms with van der Waals surface area (Å²) in [6.07, 6.45) is 4.66. The van der Waals surface area contributed by atoms with Crippen LogP contribution < -0.4 is 9.62 Å². The maximum atomic E-state index is 14.2. The molecule has 2 atom stereocenters. The van der Waals surface area contributed by atoms with Gasteiger partial charge in [0.15, 0.2) is 0 Å². The minimum absolute atomic E-state index is 0.105. The zero-order chi connectivity index (χ0) is 22.9. The lowest BCUT2D eigenvalue weighted by atomic mass is 9.91. The van der Waals surface area contributed by atoms with Crippen molar-refractivity contribution in [3.8, 4) is 0 Å². The van der Waals surface area contributed by atoms with Crippen LogP contribution in [0.2, 0.25) is 15.1 Å². The topological polar surface area (TPSA) is 49.4 Å². The third-order valence-electron chi connectivity index (χ3n) is 5.75. The molecule has 32 heavy (non-hydrogen) atoms. The van der Waals surface area contributed by atoms with Gasteiger partial charge in [0, 0.05) is 29.1 Å². The summed E-state index contributed by atoms with van der Waals surface area (Å²) in [5.74, 6) is -0.598. The van der Waals surface area contributed by atoms with Gasteiger partial charge in [-0.05, 0) is 61.2 Å². The Labute approximate surface area is 202 Å². The molecule has 9 heteroatoms. The van der Waals surface area contributed by atoms with Gasteiger partial charge in [-0.3, -0.25) is 0 Å². The van der Waals surface area contributed by atoms with Crippen molar-refractivity contribution in [3.63, 3.8) is 0 Å². The van der Waals surface area contributed by atoms with Crippen LogP contribution >= 0.6 is 34.8 Å². The fourth-order valence-corrected chi connectivity index (χ4v) is 6.30. The van der Waals surface area contributed by atoms with Crippen molar-refractivity contribution < 1.29 is 12.8 Å². The number of hydrogen-bond donors (Lipinski definition) is 1. The highest BCUT2D eigenvalue weighted by atomic mass is 35.5. The van der Waals surface area contributed by atoms with E-state index in [1.807, 2.05) is 18.2 Å². The molecule has 0 aromatic heterocycles. The lowest BCUT2D eigenvalue weighted by Crippen LogP contribution is -2.46. The molecule has 2 unspecified atom stereocenters. The summed E-state index contributed by atoms with van der Waals surface area (Å²) in [6.45, 7) is 0.555. The van der Waals surface area contributed by atoms with Crippen LogP contribution in [0, 0.1) is 0 Å². The molecule has 0 bridgehead atoms.